The van der Waals surface area contributed by atoms with Crippen molar-refractivity contribution in [2.75, 3.05) is 6.54 Å². The number of carbonyl (C=O) groups is 1. The Kier molecular flexibility index (Phi) is 3.62. The van der Waals surface area contributed by atoms with Crippen LogP contribution in [0.15, 0.2) is 10.6 Å². The van der Waals surface area contributed by atoms with Crippen molar-refractivity contribution in [2.45, 2.75) is 52.1 Å². The molecule has 4 heteroatoms. The second-order valence-electron chi connectivity index (χ2n) is 5.07. The number of hydrogen-bond donors (Lipinski definition) is 0. The first-order valence-electron chi connectivity index (χ1n) is 6.30. The maximum atomic E-state index is 11.1. The van der Waals surface area contributed by atoms with Crippen LogP contribution in [-0.2, 0) is 6.42 Å². The van der Waals surface area contributed by atoms with Gasteiger partial charge in [-0.05, 0) is 33.2 Å². The topological polar surface area (TPSA) is 46.3 Å². The van der Waals surface area contributed by atoms with Gasteiger partial charge >= 0.3 is 0 Å². The summed E-state index contributed by atoms with van der Waals surface area (Å²) < 4.78 is 5.22. The molecule has 2 heterocycles. The maximum Gasteiger partial charge on any atom is 0.181 e. The number of rotatable bonds is 4. The average molecular weight is 236 g/mol. The van der Waals surface area contributed by atoms with Gasteiger partial charge in [0, 0.05) is 31.5 Å². The standard InChI is InChI=1S/C13H20N2O2/c1-9(2)15-6-4-5-11(15)7-12-8-13(10(3)16)14-17-12/h8-9,11H,4-7H2,1-3H3. The molecule has 0 amide bonds. The first-order valence-corrected chi connectivity index (χ1v) is 6.30. The molecule has 0 spiro atoms. The van der Waals surface area contributed by atoms with Gasteiger partial charge < -0.3 is 4.52 Å². The van der Waals surface area contributed by atoms with Crippen molar-refractivity contribution >= 4 is 5.78 Å². The summed E-state index contributed by atoms with van der Waals surface area (Å²) in [6.07, 6.45) is 3.31. The maximum absolute atomic E-state index is 11.1. The van der Waals surface area contributed by atoms with Gasteiger partial charge in [-0.1, -0.05) is 5.16 Å². The molecule has 0 aliphatic carbocycles. The van der Waals surface area contributed by atoms with E-state index in [-0.39, 0.29) is 5.78 Å². The molecule has 17 heavy (non-hydrogen) atoms. The molecule has 0 aromatic carbocycles. The molecule has 1 saturated heterocycles. The molecule has 1 aliphatic heterocycles. The van der Waals surface area contributed by atoms with Gasteiger partial charge in [0.25, 0.3) is 0 Å². The summed E-state index contributed by atoms with van der Waals surface area (Å²) in [5.74, 6) is 0.792. The third-order valence-electron chi connectivity index (χ3n) is 3.44. The van der Waals surface area contributed by atoms with E-state index in [1.165, 1.54) is 19.8 Å². The summed E-state index contributed by atoms with van der Waals surface area (Å²) in [6, 6.07) is 2.87. The zero-order valence-corrected chi connectivity index (χ0v) is 10.8. The molecule has 1 unspecified atom stereocenters. The van der Waals surface area contributed by atoms with Crippen LogP contribution in [0.5, 0.6) is 0 Å². The van der Waals surface area contributed by atoms with Crippen molar-refractivity contribution in [1.29, 1.82) is 0 Å². The zero-order valence-electron chi connectivity index (χ0n) is 10.8. The Labute approximate surface area is 102 Å². The monoisotopic (exact) mass is 236 g/mol. The van der Waals surface area contributed by atoms with Crippen LogP contribution >= 0.6 is 0 Å². The van der Waals surface area contributed by atoms with Crippen LogP contribution in [0.4, 0.5) is 0 Å². The molecular weight excluding hydrogens is 216 g/mol. The molecule has 0 bridgehead atoms. The molecule has 1 aromatic rings. The van der Waals surface area contributed by atoms with E-state index in [1.54, 1.807) is 6.07 Å². The summed E-state index contributed by atoms with van der Waals surface area (Å²) in [7, 11) is 0. The molecule has 0 saturated carbocycles. The lowest BCUT2D eigenvalue weighted by molar-refractivity contribution is 0.100. The number of likely N-dealkylation sites (tertiary alicyclic amines) is 1. The largest absolute Gasteiger partial charge is 0.361 e. The van der Waals surface area contributed by atoms with Gasteiger partial charge in [0.1, 0.15) is 11.5 Å². The van der Waals surface area contributed by atoms with Crippen LogP contribution in [0.2, 0.25) is 0 Å². The Bertz CT molecular complexity index is 398. The number of aromatic nitrogens is 1. The normalized spacial score (nSPS) is 21.3. The Morgan fingerprint density at radius 3 is 3.00 bits per heavy atom. The number of hydrogen-bond acceptors (Lipinski definition) is 4. The highest BCUT2D eigenvalue weighted by Crippen LogP contribution is 2.23. The number of Topliss-reactive ketones (excluding diaryl/α,β-unsaturated/α-hetero) is 1. The van der Waals surface area contributed by atoms with E-state index in [4.69, 9.17) is 4.52 Å². The number of carbonyl (C=O) groups excluding carboxylic acids is 1. The predicted octanol–water partition coefficient (Wildman–Crippen LogP) is 2.29. The minimum absolute atomic E-state index is 0.0351. The van der Waals surface area contributed by atoms with Crippen molar-refractivity contribution < 1.29 is 9.32 Å². The van der Waals surface area contributed by atoms with Crippen molar-refractivity contribution in [3.63, 3.8) is 0 Å². The Morgan fingerprint density at radius 2 is 2.41 bits per heavy atom. The molecule has 0 radical (unpaired) electrons. The summed E-state index contributed by atoms with van der Waals surface area (Å²) in [5.41, 5.74) is 0.439. The Balaban J connectivity index is 2.02. The third kappa shape index (κ3) is 2.75. The van der Waals surface area contributed by atoms with E-state index in [2.05, 4.69) is 23.9 Å². The molecule has 2 rings (SSSR count). The van der Waals surface area contributed by atoms with Crippen molar-refractivity contribution in [2.24, 2.45) is 0 Å². The SMILES string of the molecule is CC(=O)c1cc(CC2CCCN2C(C)C)on1. The predicted molar refractivity (Wildman–Crippen MR) is 65.1 cm³/mol. The van der Waals surface area contributed by atoms with Gasteiger partial charge in [0.2, 0.25) is 0 Å². The second-order valence-corrected chi connectivity index (χ2v) is 5.07. The lowest BCUT2D eigenvalue weighted by Crippen LogP contribution is -2.36. The fraction of sp³-hybridized carbons (Fsp3) is 0.692. The van der Waals surface area contributed by atoms with Crippen LogP contribution in [-0.4, -0.2) is 34.5 Å². The summed E-state index contributed by atoms with van der Waals surface area (Å²) in [5, 5.41) is 3.78. The minimum Gasteiger partial charge on any atom is -0.361 e. The highest BCUT2D eigenvalue weighted by atomic mass is 16.5. The third-order valence-corrected chi connectivity index (χ3v) is 3.44. The second kappa shape index (κ2) is 5.00. The van der Waals surface area contributed by atoms with Gasteiger partial charge in [-0.15, -0.1) is 0 Å². The molecule has 1 atom stereocenters. The molecule has 1 aromatic heterocycles. The van der Waals surface area contributed by atoms with E-state index in [1.807, 2.05) is 0 Å². The highest BCUT2D eigenvalue weighted by Gasteiger charge is 2.27. The summed E-state index contributed by atoms with van der Waals surface area (Å²) in [4.78, 5) is 13.6. The van der Waals surface area contributed by atoms with E-state index in [0.29, 0.717) is 17.8 Å². The van der Waals surface area contributed by atoms with Gasteiger partial charge in [0.15, 0.2) is 5.78 Å². The van der Waals surface area contributed by atoms with Crippen LogP contribution in [0.1, 0.15) is 49.9 Å². The molecular formula is C13H20N2O2. The van der Waals surface area contributed by atoms with Crippen LogP contribution in [0.25, 0.3) is 0 Å². The van der Waals surface area contributed by atoms with E-state index < -0.39 is 0 Å². The van der Waals surface area contributed by atoms with Crippen molar-refractivity contribution in [3.8, 4) is 0 Å². The van der Waals surface area contributed by atoms with Crippen LogP contribution in [0.3, 0.4) is 0 Å². The quantitative estimate of drug-likeness (QED) is 0.752. The summed E-state index contributed by atoms with van der Waals surface area (Å²) in [6.45, 7) is 7.12. The fourth-order valence-corrected chi connectivity index (χ4v) is 2.56. The zero-order chi connectivity index (χ0) is 12.4. The summed E-state index contributed by atoms with van der Waals surface area (Å²) >= 11 is 0. The van der Waals surface area contributed by atoms with Gasteiger partial charge in [-0.2, -0.15) is 0 Å². The number of nitrogens with zero attached hydrogens (tertiary/aromatic N) is 2. The lowest BCUT2D eigenvalue weighted by atomic mass is 10.1. The molecule has 4 nitrogen and oxygen atoms in total. The molecule has 94 valence electrons. The van der Waals surface area contributed by atoms with E-state index in [0.717, 1.165) is 18.7 Å². The Morgan fingerprint density at radius 1 is 1.65 bits per heavy atom. The van der Waals surface area contributed by atoms with Gasteiger partial charge in [0.05, 0.1) is 0 Å². The average Bonchev–Trinajstić information content (AvgIpc) is 2.86. The van der Waals surface area contributed by atoms with E-state index >= 15 is 0 Å². The highest BCUT2D eigenvalue weighted by molar-refractivity contribution is 5.91. The first-order chi connectivity index (χ1) is 8.08. The van der Waals surface area contributed by atoms with Crippen molar-refractivity contribution in [1.82, 2.24) is 10.1 Å². The van der Waals surface area contributed by atoms with Gasteiger partial charge in [-0.25, -0.2) is 0 Å². The first kappa shape index (κ1) is 12.3. The van der Waals surface area contributed by atoms with Crippen molar-refractivity contribution in [3.05, 3.63) is 17.5 Å². The Hall–Kier alpha value is -1.16. The van der Waals surface area contributed by atoms with E-state index in [9.17, 15) is 4.79 Å². The lowest BCUT2D eigenvalue weighted by Gasteiger charge is -2.27. The molecule has 0 N–H and O–H groups in total. The van der Waals surface area contributed by atoms with Gasteiger partial charge in [-0.3, -0.25) is 9.69 Å². The smallest absolute Gasteiger partial charge is 0.181 e. The minimum atomic E-state index is -0.0351. The fourth-order valence-electron chi connectivity index (χ4n) is 2.56. The molecule has 1 fully saturated rings. The van der Waals surface area contributed by atoms with Crippen LogP contribution < -0.4 is 0 Å². The van der Waals surface area contributed by atoms with Crippen LogP contribution in [0, 0.1) is 0 Å². The molecule has 1 aliphatic rings. The number of ketones is 1.